The third kappa shape index (κ3) is 10.9. The van der Waals surface area contributed by atoms with Crippen molar-refractivity contribution in [3.8, 4) is 0 Å². The van der Waals surface area contributed by atoms with Gasteiger partial charge in [-0.05, 0) is 0 Å². The molecular formula is HKO5V2. The van der Waals surface area contributed by atoms with Crippen LogP contribution in [-0.4, -0.2) is 51.4 Å². The average molecular weight is 222 g/mol. The SMILES string of the molecule is [KH].[O]=[V](=[O])[O][V](=[O])=[O]. The first-order valence-corrected chi connectivity index (χ1v) is 4.52. The van der Waals surface area contributed by atoms with Gasteiger partial charge in [0.05, 0.1) is 0 Å². The van der Waals surface area contributed by atoms with Crippen LogP contribution in [0, 0.1) is 0 Å². The quantitative estimate of drug-likeness (QED) is 0.548. The number of rotatable bonds is 2. The van der Waals surface area contributed by atoms with Gasteiger partial charge in [-0.2, -0.15) is 0 Å². The first kappa shape index (κ1) is 12.6. The molecule has 0 saturated carbocycles. The van der Waals surface area contributed by atoms with Crippen LogP contribution in [0.4, 0.5) is 0 Å². The van der Waals surface area contributed by atoms with Crippen LogP contribution in [0.3, 0.4) is 0 Å². The molecule has 8 heavy (non-hydrogen) atoms. The van der Waals surface area contributed by atoms with Crippen LogP contribution in [0.15, 0.2) is 0 Å². The van der Waals surface area contributed by atoms with Crippen molar-refractivity contribution >= 4 is 51.4 Å². The predicted octanol–water partition coefficient (Wildman–Crippen LogP) is -1.20. The fourth-order valence-corrected chi connectivity index (χ4v) is 0.925. The Kier molecular flexibility index (Phi) is 11.2. The maximum absolute atomic E-state index is 9.34. The first-order chi connectivity index (χ1) is 3.13. The van der Waals surface area contributed by atoms with Gasteiger partial charge >= 0.3 is 99.5 Å². The molecule has 0 aromatic carbocycles. The van der Waals surface area contributed by atoms with Crippen molar-refractivity contribution in [3.05, 3.63) is 0 Å². The van der Waals surface area contributed by atoms with E-state index in [0.717, 1.165) is 0 Å². The molecule has 0 N–H and O–H groups in total. The third-order valence-electron chi connectivity index (χ3n) is 0.133. The van der Waals surface area contributed by atoms with Crippen LogP contribution < -0.4 is 0 Å². The molecule has 0 heterocycles. The topological polar surface area (TPSA) is 77.5 Å². The minimum atomic E-state index is -3.84. The molecule has 0 saturated heterocycles. The van der Waals surface area contributed by atoms with E-state index in [4.69, 9.17) is 0 Å². The second-order valence-corrected chi connectivity index (χ2v) is 3.23. The number of hydrogen-bond acceptors (Lipinski definition) is 5. The summed E-state index contributed by atoms with van der Waals surface area (Å²) in [5, 5.41) is 0. The molecule has 0 atom stereocenters. The summed E-state index contributed by atoms with van der Waals surface area (Å²) in [6.45, 7) is 0. The molecule has 0 rings (SSSR count). The van der Waals surface area contributed by atoms with Gasteiger partial charge in [-0.15, -0.1) is 0 Å². The van der Waals surface area contributed by atoms with Crippen molar-refractivity contribution in [1.29, 1.82) is 0 Å². The molecule has 0 aromatic rings. The number of hydrogen-bond donors (Lipinski definition) is 0. The van der Waals surface area contributed by atoms with E-state index < -0.39 is 30.8 Å². The Hall–Kier alpha value is 1.97. The standard InChI is InChI=1S/K.5O.2V.H. The zero-order valence-corrected chi connectivity index (χ0v) is 5.73. The molecule has 0 unspecified atom stereocenters. The Morgan fingerprint density at radius 1 is 0.875 bits per heavy atom. The normalized spacial score (nSPS) is 7.00. The van der Waals surface area contributed by atoms with Gasteiger partial charge in [0, 0.05) is 0 Å². The summed E-state index contributed by atoms with van der Waals surface area (Å²) in [5.74, 6) is 0. The van der Waals surface area contributed by atoms with Crippen LogP contribution >= 0.6 is 0 Å². The van der Waals surface area contributed by atoms with Crippen molar-refractivity contribution in [2.75, 3.05) is 0 Å². The second-order valence-electron chi connectivity index (χ2n) is 0.529. The van der Waals surface area contributed by atoms with Crippen LogP contribution in [0.2, 0.25) is 0 Å². The summed E-state index contributed by atoms with van der Waals surface area (Å²) in [4.78, 5) is 0. The minimum absolute atomic E-state index is 0. The van der Waals surface area contributed by atoms with Gasteiger partial charge in [-0.3, -0.25) is 0 Å². The molecule has 0 fully saturated rings. The van der Waals surface area contributed by atoms with Gasteiger partial charge in [0.2, 0.25) is 0 Å². The molecule has 0 radical (unpaired) electrons. The Balaban J connectivity index is 0. The van der Waals surface area contributed by atoms with Crippen molar-refractivity contribution in [2.24, 2.45) is 0 Å². The Morgan fingerprint density at radius 2 is 1.12 bits per heavy atom. The molecule has 0 aromatic heterocycles. The van der Waals surface area contributed by atoms with Crippen LogP contribution in [0.25, 0.3) is 0 Å². The molecule has 0 aliphatic carbocycles. The molecule has 0 aliphatic heterocycles. The molecular weight excluding hydrogens is 221 g/mol. The van der Waals surface area contributed by atoms with E-state index in [-0.39, 0.29) is 51.4 Å². The first-order valence-electron chi connectivity index (χ1n) is 1.10. The Bertz CT molecular complexity index is 139. The summed E-state index contributed by atoms with van der Waals surface area (Å²) >= 11 is -7.69. The van der Waals surface area contributed by atoms with E-state index in [1.807, 2.05) is 0 Å². The summed E-state index contributed by atoms with van der Waals surface area (Å²) in [6, 6.07) is 0. The van der Waals surface area contributed by atoms with Crippen molar-refractivity contribution in [2.45, 2.75) is 0 Å². The van der Waals surface area contributed by atoms with Crippen LogP contribution in [-0.2, 0) is 48.1 Å². The molecule has 0 spiro atoms. The van der Waals surface area contributed by atoms with Crippen LogP contribution in [0.1, 0.15) is 0 Å². The van der Waals surface area contributed by atoms with E-state index in [2.05, 4.69) is 2.59 Å². The van der Waals surface area contributed by atoms with Gasteiger partial charge in [-0.1, -0.05) is 0 Å². The fourth-order valence-electron chi connectivity index (χ4n) is 0.0544. The molecule has 0 bridgehead atoms. The fraction of sp³-hybridized carbons (Fsp3) is 0. The summed E-state index contributed by atoms with van der Waals surface area (Å²) in [7, 11) is 0. The summed E-state index contributed by atoms with van der Waals surface area (Å²) in [6.07, 6.45) is 0. The van der Waals surface area contributed by atoms with Crippen molar-refractivity contribution in [3.63, 3.8) is 0 Å². The van der Waals surface area contributed by atoms with Crippen molar-refractivity contribution < 1.29 is 48.1 Å². The molecule has 42 valence electrons. The van der Waals surface area contributed by atoms with E-state index in [1.165, 1.54) is 0 Å². The average Bonchev–Trinajstić information content (AvgIpc) is 1.27. The zero-order valence-electron chi connectivity index (χ0n) is 2.94. The Morgan fingerprint density at radius 3 is 1.12 bits per heavy atom. The molecule has 0 aliphatic rings. The van der Waals surface area contributed by atoms with Crippen LogP contribution in [0.5, 0.6) is 0 Å². The van der Waals surface area contributed by atoms with Gasteiger partial charge < -0.3 is 0 Å². The van der Waals surface area contributed by atoms with E-state index in [1.54, 1.807) is 0 Å². The predicted molar refractivity (Wildman–Crippen MR) is 11.0 cm³/mol. The van der Waals surface area contributed by atoms with Gasteiger partial charge in [0.1, 0.15) is 0 Å². The van der Waals surface area contributed by atoms with Gasteiger partial charge in [0.15, 0.2) is 0 Å². The van der Waals surface area contributed by atoms with Gasteiger partial charge in [-0.25, -0.2) is 0 Å². The second kappa shape index (κ2) is 7.08. The van der Waals surface area contributed by atoms with Gasteiger partial charge in [0.25, 0.3) is 0 Å². The van der Waals surface area contributed by atoms with E-state index >= 15 is 0 Å². The van der Waals surface area contributed by atoms with Crippen molar-refractivity contribution in [1.82, 2.24) is 0 Å². The van der Waals surface area contributed by atoms with E-state index in [9.17, 15) is 14.7 Å². The summed E-state index contributed by atoms with van der Waals surface area (Å²) < 4.78 is 40.7. The molecule has 0 amide bonds. The zero-order chi connectivity index (χ0) is 5.86. The maximum atomic E-state index is 9.34. The molecule has 5 nitrogen and oxygen atoms in total. The monoisotopic (exact) mass is 222 g/mol. The molecule has 8 heteroatoms. The third-order valence-corrected chi connectivity index (χ3v) is 2.27. The van der Waals surface area contributed by atoms with E-state index in [0.29, 0.717) is 0 Å². The Labute approximate surface area is 97.3 Å². The summed E-state index contributed by atoms with van der Waals surface area (Å²) in [5.41, 5.74) is 0.